The first kappa shape index (κ1) is 14.6. The Morgan fingerprint density at radius 1 is 1.22 bits per heavy atom. The quantitative estimate of drug-likeness (QED) is 0.431. The van der Waals surface area contributed by atoms with E-state index in [0.29, 0.717) is 12.0 Å². The van der Waals surface area contributed by atoms with Crippen LogP contribution in [0.15, 0.2) is 24.3 Å². The summed E-state index contributed by atoms with van der Waals surface area (Å²) in [6, 6.07) is 6.42. The summed E-state index contributed by atoms with van der Waals surface area (Å²) in [6.07, 6.45) is 5.41. The van der Waals surface area contributed by atoms with Gasteiger partial charge in [0.05, 0.1) is 16.6 Å². The first-order chi connectivity index (χ1) is 8.66. The van der Waals surface area contributed by atoms with Crippen LogP contribution in [-0.2, 0) is 0 Å². The molecular weight excluding hydrogens is 230 g/mol. The van der Waals surface area contributed by atoms with Crippen molar-refractivity contribution in [2.75, 3.05) is 0 Å². The monoisotopic (exact) mass is 251 g/mol. The molecule has 1 aromatic rings. The molecule has 4 nitrogen and oxygen atoms in total. The number of rotatable bonds is 8. The Morgan fingerprint density at radius 2 is 1.89 bits per heavy atom. The summed E-state index contributed by atoms with van der Waals surface area (Å²) in [4.78, 5) is 10.4. The third kappa shape index (κ3) is 4.45. The van der Waals surface area contributed by atoms with Gasteiger partial charge in [-0.15, -0.1) is 0 Å². The predicted octanol–water partition coefficient (Wildman–Crippen LogP) is 3.99. The molecule has 0 amide bonds. The number of unbranched alkanes of at least 4 members (excludes halogenated alkanes) is 4. The van der Waals surface area contributed by atoms with Crippen molar-refractivity contribution < 1.29 is 10.0 Å². The zero-order valence-corrected chi connectivity index (χ0v) is 10.8. The smallest absolute Gasteiger partial charge is 0.275 e. The van der Waals surface area contributed by atoms with Gasteiger partial charge in [-0.05, 0) is 12.5 Å². The molecule has 0 heterocycles. The summed E-state index contributed by atoms with van der Waals surface area (Å²) in [6.45, 7) is 2.15. The van der Waals surface area contributed by atoms with Crippen molar-refractivity contribution in [3.63, 3.8) is 0 Å². The molecule has 100 valence electrons. The van der Waals surface area contributed by atoms with Gasteiger partial charge in [0, 0.05) is 6.07 Å². The highest BCUT2D eigenvalue weighted by molar-refractivity contribution is 5.41. The van der Waals surface area contributed by atoms with Crippen molar-refractivity contribution in [2.45, 2.75) is 51.6 Å². The van der Waals surface area contributed by atoms with Crippen molar-refractivity contribution in [3.8, 4) is 0 Å². The Labute approximate surface area is 108 Å². The molecule has 0 saturated carbocycles. The normalized spacial score (nSPS) is 12.3. The number of benzene rings is 1. The van der Waals surface area contributed by atoms with Gasteiger partial charge in [-0.2, -0.15) is 0 Å². The van der Waals surface area contributed by atoms with E-state index in [4.69, 9.17) is 0 Å². The molecule has 0 spiro atoms. The lowest BCUT2D eigenvalue weighted by Crippen LogP contribution is -2.02. The van der Waals surface area contributed by atoms with Crippen LogP contribution in [0.4, 0.5) is 5.69 Å². The van der Waals surface area contributed by atoms with Crippen LogP contribution in [0.5, 0.6) is 0 Å². The molecule has 1 atom stereocenters. The van der Waals surface area contributed by atoms with E-state index in [-0.39, 0.29) is 5.69 Å². The second-order valence-electron chi connectivity index (χ2n) is 4.53. The summed E-state index contributed by atoms with van der Waals surface area (Å²) in [5.74, 6) is 0. The lowest BCUT2D eigenvalue weighted by Gasteiger charge is -2.10. The Morgan fingerprint density at radius 3 is 2.56 bits per heavy atom. The average molecular weight is 251 g/mol. The van der Waals surface area contributed by atoms with E-state index in [2.05, 4.69) is 6.92 Å². The summed E-state index contributed by atoms with van der Waals surface area (Å²) in [7, 11) is 0. The fourth-order valence-electron chi connectivity index (χ4n) is 2.03. The standard InChI is InChI=1S/C14H21NO3/c1-2-3-4-5-6-11-14(16)12-9-7-8-10-13(12)15(17)18/h7-10,14,16H,2-6,11H2,1H3. The number of aliphatic hydroxyl groups is 1. The molecule has 0 aliphatic rings. The number of aliphatic hydroxyl groups excluding tert-OH is 1. The van der Waals surface area contributed by atoms with Crippen LogP contribution in [0, 0.1) is 10.1 Å². The second-order valence-corrected chi connectivity index (χ2v) is 4.53. The third-order valence-corrected chi connectivity index (χ3v) is 3.07. The first-order valence-electron chi connectivity index (χ1n) is 6.58. The largest absolute Gasteiger partial charge is 0.388 e. The van der Waals surface area contributed by atoms with Gasteiger partial charge in [-0.25, -0.2) is 0 Å². The minimum Gasteiger partial charge on any atom is -0.388 e. The number of hydrogen-bond acceptors (Lipinski definition) is 3. The van der Waals surface area contributed by atoms with Crippen molar-refractivity contribution in [1.29, 1.82) is 0 Å². The summed E-state index contributed by atoms with van der Waals surface area (Å²) < 4.78 is 0. The lowest BCUT2D eigenvalue weighted by atomic mass is 10.0. The van der Waals surface area contributed by atoms with Crippen LogP contribution in [-0.4, -0.2) is 10.0 Å². The fourth-order valence-corrected chi connectivity index (χ4v) is 2.03. The highest BCUT2D eigenvalue weighted by Crippen LogP contribution is 2.28. The van der Waals surface area contributed by atoms with Crippen molar-refractivity contribution in [3.05, 3.63) is 39.9 Å². The highest BCUT2D eigenvalue weighted by atomic mass is 16.6. The van der Waals surface area contributed by atoms with Crippen LogP contribution < -0.4 is 0 Å². The second kappa shape index (κ2) is 7.82. The molecule has 1 aromatic carbocycles. The average Bonchev–Trinajstić information content (AvgIpc) is 2.38. The molecule has 0 saturated heterocycles. The minimum atomic E-state index is -0.728. The Bertz CT molecular complexity index is 379. The van der Waals surface area contributed by atoms with Gasteiger partial charge in [0.15, 0.2) is 0 Å². The summed E-state index contributed by atoms with van der Waals surface area (Å²) >= 11 is 0. The van der Waals surface area contributed by atoms with E-state index in [0.717, 1.165) is 12.8 Å². The van der Waals surface area contributed by atoms with Gasteiger partial charge in [0.25, 0.3) is 5.69 Å². The SMILES string of the molecule is CCCCCCCC(O)c1ccccc1[N+](=O)[O-]. The maximum atomic E-state index is 10.8. The molecule has 4 heteroatoms. The Balaban J connectivity index is 2.51. The molecule has 1 N–H and O–H groups in total. The van der Waals surface area contributed by atoms with Crippen molar-refractivity contribution in [2.24, 2.45) is 0 Å². The molecule has 0 fully saturated rings. The number of para-hydroxylation sites is 1. The minimum absolute atomic E-state index is 0.0126. The van der Waals surface area contributed by atoms with E-state index in [9.17, 15) is 15.2 Å². The van der Waals surface area contributed by atoms with Crippen molar-refractivity contribution in [1.82, 2.24) is 0 Å². The van der Waals surface area contributed by atoms with Crippen molar-refractivity contribution >= 4 is 5.69 Å². The van der Waals surface area contributed by atoms with E-state index in [1.165, 1.54) is 25.3 Å². The van der Waals surface area contributed by atoms with E-state index >= 15 is 0 Å². The molecule has 0 aromatic heterocycles. The zero-order chi connectivity index (χ0) is 13.4. The Kier molecular flexibility index (Phi) is 6.36. The topological polar surface area (TPSA) is 63.4 Å². The third-order valence-electron chi connectivity index (χ3n) is 3.07. The van der Waals surface area contributed by atoms with E-state index < -0.39 is 11.0 Å². The predicted molar refractivity (Wildman–Crippen MR) is 71.4 cm³/mol. The maximum absolute atomic E-state index is 10.8. The van der Waals surface area contributed by atoms with E-state index in [1.807, 2.05) is 0 Å². The molecule has 0 bridgehead atoms. The molecule has 0 aliphatic heterocycles. The molecular formula is C14H21NO3. The Hall–Kier alpha value is -1.42. The van der Waals surface area contributed by atoms with Crippen LogP contribution >= 0.6 is 0 Å². The fraction of sp³-hybridized carbons (Fsp3) is 0.571. The van der Waals surface area contributed by atoms with Gasteiger partial charge in [-0.3, -0.25) is 10.1 Å². The van der Waals surface area contributed by atoms with Gasteiger partial charge >= 0.3 is 0 Å². The maximum Gasteiger partial charge on any atom is 0.275 e. The van der Waals surface area contributed by atoms with Crippen LogP contribution in [0.3, 0.4) is 0 Å². The molecule has 0 aliphatic carbocycles. The summed E-state index contributed by atoms with van der Waals surface area (Å²) in [5, 5.41) is 20.8. The lowest BCUT2D eigenvalue weighted by molar-refractivity contribution is -0.386. The highest BCUT2D eigenvalue weighted by Gasteiger charge is 2.18. The zero-order valence-electron chi connectivity index (χ0n) is 10.8. The van der Waals surface area contributed by atoms with Gasteiger partial charge in [-0.1, -0.05) is 51.2 Å². The molecule has 18 heavy (non-hydrogen) atoms. The molecule has 1 rings (SSSR count). The number of nitrogens with zero attached hydrogens (tertiary/aromatic N) is 1. The number of nitro benzene ring substituents is 1. The molecule has 0 radical (unpaired) electrons. The number of nitro groups is 1. The van der Waals surface area contributed by atoms with Crippen LogP contribution in [0.2, 0.25) is 0 Å². The molecule has 1 unspecified atom stereocenters. The van der Waals surface area contributed by atoms with Gasteiger partial charge in [0.1, 0.15) is 0 Å². The number of hydrogen-bond donors (Lipinski definition) is 1. The van der Waals surface area contributed by atoms with Crippen LogP contribution in [0.25, 0.3) is 0 Å². The van der Waals surface area contributed by atoms with Gasteiger partial charge in [0.2, 0.25) is 0 Å². The van der Waals surface area contributed by atoms with Gasteiger partial charge < -0.3 is 5.11 Å². The summed E-state index contributed by atoms with van der Waals surface area (Å²) in [5.41, 5.74) is 0.441. The first-order valence-corrected chi connectivity index (χ1v) is 6.58. The van der Waals surface area contributed by atoms with Crippen LogP contribution in [0.1, 0.15) is 57.1 Å². The van der Waals surface area contributed by atoms with E-state index in [1.54, 1.807) is 18.2 Å².